The Morgan fingerprint density at radius 1 is 1.65 bits per heavy atom. The van der Waals surface area contributed by atoms with Crippen molar-refractivity contribution in [2.24, 2.45) is 0 Å². The lowest BCUT2D eigenvalue weighted by molar-refractivity contribution is 0.0962. The van der Waals surface area contributed by atoms with Gasteiger partial charge < -0.3 is 5.32 Å². The molecule has 0 fully saturated rings. The number of rotatable bonds is 3. The summed E-state index contributed by atoms with van der Waals surface area (Å²) >= 11 is 3.01. The highest BCUT2D eigenvalue weighted by Crippen LogP contribution is 2.30. The first-order chi connectivity index (χ1) is 8.22. The maximum absolute atomic E-state index is 11.8. The summed E-state index contributed by atoms with van der Waals surface area (Å²) in [5, 5.41) is 5.52. The Hall–Kier alpha value is -1.64. The van der Waals surface area contributed by atoms with E-state index in [-0.39, 0.29) is 12.5 Å². The molecular formula is C12H10N2OS2. The highest BCUT2D eigenvalue weighted by atomic mass is 32.1. The maximum Gasteiger partial charge on any atom is 0.264 e. The SMILES string of the molecule is C#CCNC(=O)c1sc(-c2cccs2)nc1C. The number of hydrogen-bond acceptors (Lipinski definition) is 4. The molecule has 0 spiro atoms. The van der Waals surface area contributed by atoms with Crippen LogP contribution in [0.2, 0.25) is 0 Å². The van der Waals surface area contributed by atoms with Crippen LogP contribution in [0.1, 0.15) is 15.4 Å². The standard InChI is InChI=1S/C12H10N2OS2/c1-3-6-13-11(15)10-8(2)14-12(17-10)9-5-4-7-16-9/h1,4-5,7H,6H2,2H3,(H,13,15). The zero-order chi connectivity index (χ0) is 12.3. The predicted octanol–water partition coefficient (Wildman–Crippen LogP) is 2.54. The molecule has 0 radical (unpaired) electrons. The van der Waals surface area contributed by atoms with E-state index >= 15 is 0 Å². The second kappa shape index (κ2) is 5.13. The van der Waals surface area contributed by atoms with E-state index in [2.05, 4.69) is 16.2 Å². The first-order valence-electron chi connectivity index (χ1n) is 4.95. The molecule has 0 aliphatic carbocycles. The Bertz CT molecular complexity index is 564. The van der Waals surface area contributed by atoms with Crippen LogP contribution < -0.4 is 5.32 Å². The van der Waals surface area contributed by atoms with Crippen molar-refractivity contribution in [3.05, 3.63) is 28.1 Å². The highest BCUT2D eigenvalue weighted by molar-refractivity contribution is 7.22. The number of carbonyl (C=O) groups excluding carboxylic acids is 1. The van der Waals surface area contributed by atoms with E-state index in [4.69, 9.17) is 6.42 Å². The van der Waals surface area contributed by atoms with Gasteiger partial charge in [-0.3, -0.25) is 4.79 Å². The monoisotopic (exact) mass is 262 g/mol. The van der Waals surface area contributed by atoms with Crippen molar-refractivity contribution in [3.63, 3.8) is 0 Å². The average Bonchev–Trinajstić information content (AvgIpc) is 2.94. The topological polar surface area (TPSA) is 42.0 Å². The molecule has 0 atom stereocenters. The van der Waals surface area contributed by atoms with Crippen molar-refractivity contribution in [2.75, 3.05) is 6.54 Å². The first-order valence-corrected chi connectivity index (χ1v) is 6.65. The molecule has 17 heavy (non-hydrogen) atoms. The average molecular weight is 262 g/mol. The number of nitrogens with zero attached hydrogens (tertiary/aromatic N) is 1. The maximum atomic E-state index is 11.8. The van der Waals surface area contributed by atoms with Crippen LogP contribution in [0.15, 0.2) is 17.5 Å². The van der Waals surface area contributed by atoms with Gasteiger partial charge in [0.2, 0.25) is 0 Å². The Balaban J connectivity index is 2.26. The Labute approximate surface area is 108 Å². The molecule has 2 aromatic heterocycles. The second-order valence-corrected chi connectivity index (χ2v) is 5.24. The number of hydrogen-bond donors (Lipinski definition) is 1. The van der Waals surface area contributed by atoms with E-state index in [1.807, 2.05) is 24.4 Å². The first kappa shape index (κ1) is 11.8. The normalized spacial score (nSPS) is 9.88. The summed E-state index contributed by atoms with van der Waals surface area (Å²) in [5.41, 5.74) is 0.743. The molecule has 2 aromatic rings. The van der Waals surface area contributed by atoms with Gasteiger partial charge in [-0.15, -0.1) is 29.1 Å². The summed E-state index contributed by atoms with van der Waals surface area (Å²) in [4.78, 5) is 17.9. The summed E-state index contributed by atoms with van der Waals surface area (Å²) in [6.45, 7) is 2.07. The van der Waals surface area contributed by atoms with Crippen LogP contribution >= 0.6 is 22.7 Å². The van der Waals surface area contributed by atoms with E-state index in [9.17, 15) is 4.79 Å². The van der Waals surface area contributed by atoms with Gasteiger partial charge in [0.1, 0.15) is 9.88 Å². The van der Waals surface area contributed by atoms with Gasteiger partial charge in [-0.25, -0.2) is 4.98 Å². The fourth-order valence-corrected chi connectivity index (χ4v) is 3.10. The molecule has 0 unspecified atom stereocenters. The number of amides is 1. The van der Waals surface area contributed by atoms with Gasteiger partial charge in [-0.05, 0) is 18.4 Å². The van der Waals surface area contributed by atoms with Crippen molar-refractivity contribution < 1.29 is 4.79 Å². The number of aromatic nitrogens is 1. The number of nitrogens with one attached hydrogen (secondary N) is 1. The molecule has 1 N–H and O–H groups in total. The summed E-state index contributed by atoms with van der Waals surface area (Å²) in [7, 11) is 0. The quantitative estimate of drug-likeness (QED) is 0.864. The van der Waals surface area contributed by atoms with Gasteiger partial charge in [-0.1, -0.05) is 12.0 Å². The van der Waals surface area contributed by atoms with Crippen LogP contribution in [0.25, 0.3) is 9.88 Å². The van der Waals surface area contributed by atoms with Gasteiger partial charge in [-0.2, -0.15) is 0 Å². The molecule has 86 valence electrons. The van der Waals surface area contributed by atoms with Crippen LogP contribution in [0.3, 0.4) is 0 Å². The van der Waals surface area contributed by atoms with E-state index in [0.29, 0.717) is 4.88 Å². The fraction of sp³-hybridized carbons (Fsp3) is 0.167. The number of aryl methyl sites for hydroxylation is 1. The third-order valence-electron chi connectivity index (χ3n) is 2.09. The Morgan fingerprint density at radius 3 is 3.12 bits per heavy atom. The van der Waals surface area contributed by atoms with Crippen molar-refractivity contribution in [2.45, 2.75) is 6.92 Å². The van der Waals surface area contributed by atoms with Gasteiger partial charge in [0.15, 0.2) is 0 Å². The third kappa shape index (κ3) is 2.54. The van der Waals surface area contributed by atoms with Crippen molar-refractivity contribution in [1.82, 2.24) is 10.3 Å². The molecule has 5 heteroatoms. The largest absolute Gasteiger partial charge is 0.340 e. The zero-order valence-electron chi connectivity index (χ0n) is 9.19. The van der Waals surface area contributed by atoms with Gasteiger partial charge in [0.05, 0.1) is 17.1 Å². The van der Waals surface area contributed by atoms with Crippen molar-refractivity contribution in [1.29, 1.82) is 0 Å². The number of thiophene rings is 1. The smallest absolute Gasteiger partial charge is 0.264 e. The third-order valence-corrected chi connectivity index (χ3v) is 4.28. The van der Waals surface area contributed by atoms with Crippen LogP contribution in [0, 0.1) is 19.3 Å². The minimum atomic E-state index is -0.152. The minimum absolute atomic E-state index is 0.152. The molecule has 0 bridgehead atoms. The van der Waals surface area contributed by atoms with E-state index in [0.717, 1.165) is 15.6 Å². The second-order valence-electron chi connectivity index (χ2n) is 3.30. The Kier molecular flexibility index (Phi) is 3.57. The van der Waals surface area contributed by atoms with Crippen LogP contribution in [0.5, 0.6) is 0 Å². The van der Waals surface area contributed by atoms with Crippen LogP contribution in [-0.4, -0.2) is 17.4 Å². The molecule has 0 saturated heterocycles. The van der Waals surface area contributed by atoms with Crippen LogP contribution in [-0.2, 0) is 0 Å². The lowest BCUT2D eigenvalue weighted by Crippen LogP contribution is -2.23. The summed E-state index contributed by atoms with van der Waals surface area (Å²) in [6.07, 6.45) is 5.10. The fourth-order valence-electron chi connectivity index (χ4n) is 1.32. The van der Waals surface area contributed by atoms with Gasteiger partial charge >= 0.3 is 0 Å². The molecule has 2 heterocycles. The molecule has 0 aliphatic heterocycles. The zero-order valence-corrected chi connectivity index (χ0v) is 10.8. The van der Waals surface area contributed by atoms with E-state index < -0.39 is 0 Å². The van der Waals surface area contributed by atoms with Crippen molar-refractivity contribution in [3.8, 4) is 22.2 Å². The summed E-state index contributed by atoms with van der Waals surface area (Å²) < 4.78 is 0. The lowest BCUT2D eigenvalue weighted by Gasteiger charge is -1.97. The van der Waals surface area contributed by atoms with Gasteiger partial charge in [0.25, 0.3) is 5.91 Å². The molecule has 0 aromatic carbocycles. The minimum Gasteiger partial charge on any atom is -0.340 e. The number of terminal acetylenes is 1. The molecule has 0 aliphatic rings. The summed E-state index contributed by atoms with van der Waals surface area (Å²) in [5.74, 6) is 2.22. The van der Waals surface area contributed by atoms with E-state index in [1.165, 1.54) is 11.3 Å². The van der Waals surface area contributed by atoms with E-state index in [1.54, 1.807) is 11.3 Å². The Morgan fingerprint density at radius 2 is 2.47 bits per heavy atom. The highest BCUT2D eigenvalue weighted by Gasteiger charge is 2.15. The summed E-state index contributed by atoms with van der Waals surface area (Å²) in [6, 6.07) is 3.96. The number of carbonyl (C=O) groups is 1. The van der Waals surface area contributed by atoms with Crippen molar-refractivity contribution >= 4 is 28.6 Å². The molecule has 0 saturated carbocycles. The predicted molar refractivity (Wildman–Crippen MR) is 71.3 cm³/mol. The lowest BCUT2D eigenvalue weighted by atomic mass is 10.3. The molecule has 3 nitrogen and oxygen atoms in total. The molecular weight excluding hydrogens is 252 g/mol. The number of thiazole rings is 1. The molecule has 1 amide bonds. The van der Waals surface area contributed by atoms with Gasteiger partial charge in [0, 0.05) is 0 Å². The molecule has 2 rings (SSSR count). The van der Waals surface area contributed by atoms with Crippen LogP contribution in [0.4, 0.5) is 0 Å².